The molecule has 0 aromatic heterocycles. The molecule has 0 saturated carbocycles. The molecular formula is C22H29NO2. The highest BCUT2D eigenvalue weighted by Crippen LogP contribution is 2.36. The molecule has 0 fully saturated rings. The van der Waals surface area contributed by atoms with Crippen molar-refractivity contribution < 1.29 is 9.63 Å². The molecule has 0 aliphatic heterocycles. The summed E-state index contributed by atoms with van der Waals surface area (Å²) in [6.07, 6.45) is 0.251. The predicted octanol–water partition coefficient (Wildman–Crippen LogP) is 5.36. The quantitative estimate of drug-likeness (QED) is 0.502. The molecule has 0 radical (unpaired) electrons. The van der Waals surface area contributed by atoms with Crippen molar-refractivity contribution in [3.63, 3.8) is 0 Å². The molecule has 3 nitrogen and oxygen atoms in total. The first kappa shape index (κ1) is 19.4. The average molecular weight is 339 g/mol. The summed E-state index contributed by atoms with van der Waals surface area (Å²) in [5.74, 6) is 0.324. The highest BCUT2D eigenvalue weighted by molar-refractivity contribution is 5.59. The number of benzene rings is 2. The smallest absolute Gasteiger partial charge is 0.159 e. The van der Waals surface area contributed by atoms with Gasteiger partial charge in [0.05, 0.1) is 6.04 Å². The maximum Gasteiger partial charge on any atom is 0.159 e. The number of rotatable bonds is 7. The van der Waals surface area contributed by atoms with Crippen LogP contribution in [0.15, 0.2) is 60.7 Å². The Balaban J connectivity index is 2.39. The van der Waals surface area contributed by atoms with Crippen molar-refractivity contribution in [3.05, 3.63) is 71.8 Å². The lowest BCUT2D eigenvalue weighted by Crippen LogP contribution is -2.46. The second-order valence-corrected chi connectivity index (χ2v) is 7.67. The molecule has 0 bridgehead atoms. The Hall–Kier alpha value is -1.97. The van der Waals surface area contributed by atoms with E-state index in [2.05, 4.69) is 46.8 Å². The van der Waals surface area contributed by atoms with Gasteiger partial charge in [0, 0.05) is 5.54 Å². The van der Waals surface area contributed by atoms with Gasteiger partial charge < -0.3 is 0 Å². The third-order valence-electron chi connectivity index (χ3n) is 4.17. The van der Waals surface area contributed by atoms with Crippen LogP contribution in [0.1, 0.15) is 57.9 Å². The molecule has 0 saturated heterocycles. The van der Waals surface area contributed by atoms with Crippen LogP contribution in [0.5, 0.6) is 0 Å². The van der Waals surface area contributed by atoms with Gasteiger partial charge in [0.15, 0.2) is 12.4 Å². The van der Waals surface area contributed by atoms with Gasteiger partial charge in [0.25, 0.3) is 0 Å². The van der Waals surface area contributed by atoms with Crippen molar-refractivity contribution in [2.45, 2.75) is 52.3 Å². The number of aldehydes is 1. The molecule has 134 valence electrons. The summed E-state index contributed by atoms with van der Waals surface area (Å²) in [5, 5.41) is 1.99. The van der Waals surface area contributed by atoms with Crippen molar-refractivity contribution in [1.82, 2.24) is 5.06 Å². The van der Waals surface area contributed by atoms with Crippen LogP contribution in [-0.2, 0) is 9.63 Å². The van der Waals surface area contributed by atoms with Crippen LogP contribution >= 0.6 is 0 Å². The molecule has 2 unspecified atom stereocenters. The van der Waals surface area contributed by atoms with Gasteiger partial charge in [-0.3, -0.25) is 9.63 Å². The third kappa shape index (κ3) is 5.00. The minimum atomic E-state index is -0.620. The van der Waals surface area contributed by atoms with Crippen LogP contribution in [0.4, 0.5) is 0 Å². The van der Waals surface area contributed by atoms with E-state index < -0.39 is 6.10 Å². The number of hydroxylamine groups is 2. The number of carbonyl (C=O) groups is 1. The molecule has 2 atom stereocenters. The summed E-state index contributed by atoms with van der Waals surface area (Å²) in [5.41, 5.74) is 1.79. The van der Waals surface area contributed by atoms with Crippen LogP contribution in [0, 0.1) is 5.92 Å². The molecule has 0 heterocycles. The standard InChI is InChI=1S/C22H29NO2/c1-17(2)21(19-14-10-7-11-15-19)23(22(3,4)5)25-20(16-24)18-12-8-6-9-13-18/h6-17,20-21H,1-5H3. The highest BCUT2D eigenvalue weighted by atomic mass is 16.7. The number of carbonyl (C=O) groups excluding carboxylic acids is 1. The van der Waals surface area contributed by atoms with E-state index in [1.807, 2.05) is 53.6 Å². The Morgan fingerprint density at radius 2 is 1.36 bits per heavy atom. The fourth-order valence-corrected chi connectivity index (χ4v) is 3.01. The van der Waals surface area contributed by atoms with E-state index in [0.717, 1.165) is 11.8 Å². The zero-order valence-corrected chi connectivity index (χ0v) is 15.8. The summed E-state index contributed by atoms with van der Waals surface area (Å²) in [6, 6.07) is 20.0. The van der Waals surface area contributed by atoms with Crippen LogP contribution in [-0.4, -0.2) is 16.9 Å². The normalized spacial score (nSPS) is 14.5. The molecule has 2 rings (SSSR count). The number of hydrogen-bond acceptors (Lipinski definition) is 3. The lowest BCUT2D eigenvalue weighted by molar-refractivity contribution is -0.267. The van der Waals surface area contributed by atoms with Gasteiger partial charge >= 0.3 is 0 Å². The maximum absolute atomic E-state index is 11.7. The molecular weight excluding hydrogens is 310 g/mol. The number of nitrogens with zero attached hydrogens (tertiary/aromatic N) is 1. The van der Waals surface area contributed by atoms with Gasteiger partial charge in [-0.25, -0.2) is 0 Å². The predicted molar refractivity (Wildman–Crippen MR) is 102 cm³/mol. The summed E-state index contributed by atoms with van der Waals surface area (Å²) >= 11 is 0. The van der Waals surface area contributed by atoms with Gasteiger partial charge in [-0.1, -0.05) is 74.5 Å². The van der Waals surface area contributed by atoms with Crippen molar-refractivity contribution in [1.29, 1.82) is 0 Å². The van der Waals surface area contributed by atoms with Crippen LogP contribution in [0.3, 0.4) is 0 Å². The SMILES string of the molecule is CC(C)C(c1ccccc1)N(OC(C=O)c1ccccc1)C(C)(C)C. The Bertz CT molecular complexity index is 647. The first-order valence-corrected chi connectivity index (χ1v) is 8.86. The summed E-state index contributed by atoms with van der Waals surface area (Å²) in [4.78, 5) is 18.0. The molecule has 2 aromatic rings. The van der Waals surface area contributed by atoms with E-state index in [-0.39, 0.29) is 11.6 Å². The van der Waals surface area contributed by atoms with Gasteiger partial charge in [-0.05, 0) is 37.8 Å². The van der Waals surface area contributed by atoms with Gasteiger partial charge in [0.1, 0.15) is 0 Å². The fraction of sp³-hybridized carbons (Fsp3) is 0.409. The molecule has 25 heavy (non-hydrogen) atoms. The third-order valence-corrected chi connectivity index (χ3v) is 4.17. The van der Waals surface area contributed by atoms with Crippen molar-refractivity contribution >= 4 is 6.29 Å². The molecule has 3 heteroatoms. The first-order valence-electron chi connectivity index (χ1n) is 8.86. The minimum Gasteiger partial charge on any atom is -0.300 e. The summed E-state index contributed by atoms with van der Waals surface area (Å²) in [6.45, 7) is 10.7. The second kappa shape index (κ2) is 8.41. The van der Waals surface area contributed by atoms with Gasteiger partial charge in [0.2, 0.25) is 0 Å². The van der Waals surface area contributed by atoms with Gasteiger partial charge in [-0.2, -0.15) is 5.06 Å². The van der Waals surface area contributed by atoms with Crippen molar-refractivity contribution in [2.75, 3.05) is 0 Å². The van der Waals surface area contributed by atoms with E-state index in [0.29, 0.717) is 5.92 Å². The Kier molecular flexibility index (Phi) is 6.51. The molecule has 0 aliphatic rings. The maximum atomic E-state index is 11.7. The van der Waals surface area contributed by atoms with E-state index in [9.17, 15) is 4.79 Å². The second-order valence-electron chi connectivity index (χ2n) is 7.67. The Morgan fingerprint density at radius 3 is 1.76 bits per heavy atom. The van der Waals surface area contributed by atoms with Crippen LogP contribution < -0.4 is 0 Å². The zero-order valence-electron chi connectivity index (χ0n) is 15.8. The minimum absolute atomic E-state index is 0.0485. The van der Waals surface area contributed by atoms with E-state index in [1.54, 1.807) is 0 Å². The van der Waals surface area contributed by atoms with Crippen molar-refractivity contribution in [2.24, 2.45) is 5.92 Å². The zero-order chi connectivity index (χ0) is 18.4. The Morgan fingerprint density at radius 1 is 0.880 bits per heavy atom. The van der Waals surface area contributed by atoms with Gasteiger partial charge in [-0.15, -0.1) is 0 Å². The lowest BCUT2D eigenvalue weighted by Gasteiger charge is -2.43. The summed E-state index contributed by atoms with van der Waals surface area (Å²) in [7, 11) is 0. The molecule has 0 amide bonds. The van der Waals surface area contributed by atoms with E-state index in [4.69, 9.17) is 4.84 Å². The summed E-state index contributed by atoms with van der Waals surface area (Å²) < 4.78 is 0. The number of hydrogen-bond donors (Lipinski definition) is 0. The highest BCUT2D eigenvalue weighted by Gasteiger charge is 2.35. The molecule has 0 N–H and O–H groups in total. The van der Waals surface area contributed by atoms with Crippen LogP contribution in [0.2, 0.25) is 0 Å². The first-order chi connectivity index (χ1) is 11.8. The molecule has 2 aromatic carbocycles. The molecule has 0 aliphatic carbocycles. The topological polar surface area (TPSA) is 29.5 Å². The van der Waals surface area contributed by atoms with Crippen molar-refractivity contribution in [3.8, 4) is 0 Å². The lowest BCUT2D eigenvalue weighted by atomic mass is 9.92. The van der Waals surface area contributed by atoms with Crippen LogP contribution in [0.25, 0.3) is 0 Å². The average Bonchev–Trinajstić information content (AvgIpc) is 2.58. The fourth-order valence-electron chi connectivity index (χ4n) is 3.01. The molecule has 0 spiro atoms. The van der Waals surface area contributed by atoms with E-state index in [1.165, 1.54) is 5.56 Å². The Labute approximate surface area is 151 Å². The largest absolute Gasteiger partial charge is 0.300 e. The monoisotopic (exact) mass is 339 g/mol. The van der Waals surface area contributed by atoms with E-state index >= 15 is 0 Å².